The normalized spacial score (nSPS) is 10.2. The minimum atomic E-state index is 0.260. The third-order valence-electron chi connectivity index (χ3n) is 2.43. The first-order chi connectivity index (χ1) is 10.2. The number of nitrogens with zero attached hydrogens (tertiary/aromatic N) is 3. The highest BCUT2D eigenvalue weighted by Crippen LogP contribution is 2.27. The summed E-state index contributed by atoms with van der Waals surface area (Å²) in [5, 5.41) is 0.509. The van der Waals surface area contributed by atoms with Gasteiger partial charge < -0.3 is 9.47 Å². The Morgan fingerprint density at radius 2 is 1.95 bits per heavy atom. The van der Waals surface area contributed by atoms with Crippen molar-refractivity contribution in [2.45, 2.75) is 23.4 Å². The van der Waals surface area contributed by atoms with Crippen LogP contribution in [0, 0.1) is 0 Å². The smallest absolute Gasteiger partial charge is 0.322 e. The van der Waals surface area contributed by atoms with E-state index in [1.165, 1.54) is 11.8 Å². The van der Waals surface area contributed by atoms with Gasteiger partial charge in [0.15, 0.2) is 0 Å². The lowest BCUT2D eigenvalue weighted by atomic mass is 10.3. The first-order valence-corrected chi connectivity index (χ1v) is 7.24. The lowest BCUT2D eigenvalue weighted by molar-refractivity contribution is 0.288. The van der Waals surface area contributed by atoms with Gasteiger partial charge in [0.2, 0.25) is 11.1 Å². The van der Waals surface area contributed by atoms with Gasteiger partial charge in [0.25, 0.3) is 0 Å². The predicted octanol–water partition coefficient (Wildman–Crippen LogP) is 2.11. The zero-order valence-corrected chi connectivity index (χ0v) is 12.7. The van der Waals surface area contributed by atoms with Crippen LogP contribution in [0.25, 0.3) is 0 Å². The standard InChI is InChI=1S/C13H17N5O2S/c1-3-8-20-12-15-11(18-14)16-13(17-12)21-10-6-4-9(19-2)5-7-10/h4-7H,3,8,14H2,1-2H3,(H,15,16,17,18). The number of methoxy groups -OCH3 is 1. The maximum absolute atomic E-state index is 5.42. The molecule has 2 rings (SSSR count). The Kier molecular flexibility index (Phi) is 5.59. The van der Waals surface area contributed by atoms with Crippen LogP contribution in [0.5, 0.6) is 11.8 Å². The number of rotatable bonds is 7. The highest BCUT2D eigenvalue weighted by atomic mass is 32.2. The molecule has 0 aliphatic rings. The second kappa shape index (κ2) is 7.65. The Balaban J connectivity index is 2.16. The number of ether oxygens (including phenoxy) is 2. The number of benzene rings is 1. The van der Waals surface area contributed by atoms with Gasteiger partial charge in [-0.3, -0.25) is 5.43 Å². The van der Waals surface area contributed by atoms with Gasteiger partial charge in [0, 0.05) is 4.90 Å². The third-order valence-corrected chi connectivity index (χ3v) is 3.30. The summed E-state index contributed by atoms with van der Waals surface area (Å²) in [6.45, 7) is 2.55. The number of hydrogen-bond donors (Lipinski definition) is 2. The van der Waals surface area contributed by atoms with Crippen molar-refractivity contribution in [1.82, 2.24) is 15.0 Å². The molecule has 21 heavy (non-hydrogen) atoms. The van der Waals surface area contributed by atoms with Crippen molar-refractivity contribution in [3.8, 4) is 11.8 Å². The van der Waals surface area contributed by atoms with E-state index in [0.29, 0.717) is 11.8 Å². The fourth-order valence-electron chi connectivity index (χ4n) is 1.46. The molecule has 0 spiro atoms. The molecule has 0 radical (unpaired) electrons. The summed E-state index contributed by atoms with van der Waals surface area (Å²) in [5.41, 5.74) is 2.41. The number of hydrazine groups is 1. The van der Waals surface area contributed by atoms with Crippen molar-refractivity contribution in [2.24, 2.45) is 5.84 Å². The lowest BCUT2D eigenvalue weighted by Gasteiger charge is -2.07. The highest BCUT2D eigenvalue weighted by Gasteiger charge is 2.08. The Morgan fingerprint density at radius 1 is 1.19 bits per heavy atom. The average Bonchev–Trinajstić information content (AvgIpc) is 2.53. The first-order valence-electron chi connectivity index (χ1n) is 6.42. The van der Waals surface area contributed by atoms with E-state index >= 15 is 0 Å². The van der Waals surface area contributed by atoms with Crippen LogP contribution in [0.3, 0.4) is 0 Å². The van der Waals surface area contributed by atoms with Crippen LogP contribution in [0.1, 0.15) is 13.3 Å². The summed E-state index contributed by atoms with van der Waals surface area (Å²) < 4.78 is 10.5. The summed E-state index contributed by atoms with van der Waals surface area (Å²) in [7, 11) is 1.63. The van der Waals surface area contributed by atoms with E-state index in [1.54, 1.807) is 7.11 Å². The monoisotopic (exact) mass is 307 g/mol. The number of anilines is 1. The molecule has 0 bridgehead atoms. The second-order valence-electron chi connectivity index (χ2n) is 3.99. The molecule has 8 heteroatoms. The SMILES string of the molecule is CCCOc1nc(NN)nc(Sc2ccc(OC)cc2)n1. The molecule has 0 fully saturated rings. The number of nitrogens with two attached hydrogens (primary N) is 1. The zero-order chi connectivity index (χ0) is 15.1. The molecule has 0 amide bonds. The third kappa shape index (κ3) is 4.47. The summed E-state index contributed by atoms with van der Waals surface area (Å²) in [6, 6.07) is 7.86. The van der Waals surface area contributed by atoms with E-state index in [-0.39, 0.29) is 12.0 Å². The molecule has 1 aromatic heterocycles. The Labute approximate surface area is 127 Å². The lowest BCUT2D eigenvalue weighted by Crippen LogP contribution is -2.13. The van der Waals surface area contributed by atoms with Crippen molar-refractivity contribution in [3.05, 3.63) is 24.3 Å². The Hall–Kier alpha value is -2.06. The Bertz CT molecular complexity index is 579. The largest absolute Gasteiger partial charge is 0.497 e. The van der Waals surface area contributed by atoms with Crippen molar-refractivity contribution in [3.63, 3.8) is 0 Å². The minimum Gasteiger partial charge on any atom is -0.497 e. The number of nitrogen functional groups attached to an aromatic ring is 1. The van der Waals surface area contributed by atoms with Crippen LogP contribution in [-0.4, -0.2) is 28.7 Å². The van der Waals surface area contributed by atoms with E-state index < -0.39 is 0 Å². The van der Waals surface area contributed by atoms with Gasteiger partial charge in [0.05, 0.1) is 13.7 Å². The van der Waals surface area contributed by atoms with E-state index in [0.717, 1.165) is 17.1 Å². The van der Waals surface area contributed by atoms with Gasteiger partial charge in [-0.1, -0.05) is 6.92 Å². The second-order valence-corrected chi connectivity index (χ2v) is 5.04. The van der Waals surface area contributed by atoms with Crippen LogP contribution in [-0.2, 0) is 0 Å². The van der Waals surface area contributed by atoms with Crippen molar-refractivity contribution in [1.29, 1.82) is 0 Å². The number of nitrogens with one attached hydrogen (secondary N) is 1. The van der Waals surface area contributed by atoms with Gasteiger partial charge in [-0.15, -0.1) is 0 Å². The fourth-order valence-corrected chi connectivity index (χ4v) is 2.19. The average molecular weight is 307 g/mol. The molecule has 7 nitrogen and oxygen atoms in total. The predicted molar refractivity (Wildman–Crippen MR) is 80.5 cm³/mol. The quantitative estimate of drug-likeness (QED) is 0.593. The van der Waals surface area contributed by atoms with Crippen LogP contribution in [0.15, 0.2) is 34.3 Å². The van der Waals surface area contributed by atoms with Crippen molar-refractivity contribution in [2.75, 3.05) is 19.1 Å². The summed E-state index contributed by atoms with van der Waals surface area (Å²) >= 11 is 1.39. The van der Waals surface area contributed by atoms with Crippen LogP contribution in [0.2, 0.25) is 0 Å². The number of hydrogen-bond acceptors (Lipinski definition) is 8. The molecule has 0 atom stereocenters. The van der Waals surface area contributed by atoms with E-state index in [1.807, 2.05) is 31.2 Å². The maximum atomic E-state index is 5.42. The van der Waals surface area contributed by atoms with Gasteiger partial charge in [-0.05, 0) is 42.4 Å². The molecule has 3 N–H and O–H groups in total. The molecule has 0 aliphatic heterocycles. The van der Waals surface area contributed by atoms with E-state index in [2.05, 4.69) is 20.4 Å². The molecular formula is C13H17N5O2S. The summed E-state index contributed by atoms with van der Waals surface area (Å²) in [4.78, 5) is 13.5. The zero-order valence-electron chi connectivity index (χ0n) is 11.9. The number of aromatic nitrogens is 3. The molecule has 112 valence electrons. The molecule has 1 heterocycles. The van der Waals surface area contributed by atoms with Crippen LogP contribution < -0.4 is 20.7 Å². The van der Waals surface area contributed by atoms with Gasteiger partial charge in [-0.25, -0.2) is 5.84 Å². The molecule has 0 unspecified atom stereocenters. The van der Waals surface area contributed by atoms with Gasteiger partial charge in [0.1, 0.15) is 5.75 Å². The van der Waals surface area contributed by atoms with Gasteiger partial charge >= 0.3 is 6.01 Å². The van der Waals surface area contributed by atoms with E-state index in [9.17, 15) is 0 Å². The fraction of sp³-hybridized carbons (Fsp3) is 0.308. The molecular weight excluding hydrogens is 290 g/mol. The van der Waals surface area contributed by atoms with Crippen LogP contribution in [0.4, 0.5) is 5.95 Å². The topological polar surface area (TPSA) is 95.2 Å². The van der Waals surface area contributed by atoms with Crippen molar-refractivity contribution < 1.29 is 9.47 Å². The van der Waals surface area contributed by atoms with Crippen molar-refractivity contribution >= 4 is 17.7 Å². The van der Waals surface area contributed by atoms with Gasteiger partial charge in [-0.2, -0.15) is 15.0 Å². The summed E-state index contributed by atoms with van der Waals surface area (Å²) in [6.07, 6.45) is 0.873. The molecule has 0 aliphatic carbocycles. The summed E-state index contributed by atoms with van der Waals surface area (Å²) in [5.74, 6) is 6.43. The van der Waals surface area contributed by atoms with Crippen LogP contribution >= 0.6 is 11.8 Å². The minimum absolute atomic E-state index is 0.260. The highest BCUT2D eigenvalue weighted by molar-refractivity contribution is 7.99. The first kappa shape index (κ1) is 15.3. The maximum Gasteiger partial charge on any atom is 0.322 e. The molecule has 1 aromatic carbocycles. The van der Waals surface area contributed by atoms with E-state index in [4.69, 9.17) is 15.3 Å². The molecule has 2 aromatic rings. The molecule has 0 saturated heterocycles. The molecule has 0 saturated carbocycles. The Morgan fingerprint density at radius 3 is 2.57 bits per heavy atom.